The molecule has 0 spiro atoms. The van der Waals surface area contributed by atoms with E-state index in [-0.39, 0.29) is 0 Å². The predicted octanol–water partition coefficient (Wildman–Crippen LogP) is 3.58. The van der Waals surface area contributed by atoms with Crippen molar-refractivity contribution in [2.75, 3.05) is 0 Å². The summed E-state index contributed by atoms with van der Waals surface area (Å²) < 4.78 is 1.17. The lowest BCUT2D eigenvalue weighted by Gasteiger charge is -2.32. The molecule has 0 radical (unpaired) electrons. The first kappa shape index (κ1) is 9.86. The van der Waals surface area contributed by atoms with E-state index >= 15 is 0 Å². The minimum atomic E-state index is 0.339. The smallest absolute Gasteiger partial charge is 0.0438 e. The minimum absolute atomic E-state index is 0.339. The average Bonchev–Trinajstić information content (AvgIpc) is 2.94. The molecule has 2 fully saturated rings. The van der Waals surface area contributed by atoms with Crippen molar-refractivity contribution in [3.8, 4) is 0 Å². The van der Waals surface area contributed by atoms with E-state index in [4.69, 9.17) is 0 Å². The largest absolute Gasteiger partial charge is 0.305 e. The first-order valence-corrected chi connectivity index (χ1v) is 6.62. The fourth-order valence-corrected chi connectivity index (χ4v) is 2.62. The van der Waals surface area contributed by atoms with Gasteiger partial charge in [-0.25, -0.2) is 0 Å². The summed E-state index contributed by atoms with van der Waals surface area (Å²) in [5, 5.41) is 3.82. The molecule has 1 nitrogen and oxygen atoms in total. The van der Waals surface area contributed by atoms with Gasteiger partial charge in [-0.3, -0.25) is 0 Å². The molecule has 0 aliphatic heterocycles. The van der Waals surface area contributed by atoms with Gasteiger partial charge in [0.1, 0.15) is 0 Å². The Bertz CT molecular complexity index is 349. The third-order valence-corrected chi connectivity index (χ3v) is 4.26. The van der Waals surface area contributed by atoms with Gasteiger partial charge in [-0.15, -0.1) is 0 Å². The van der Waals surface area contributed by atoms with Crippen LogP contribution in [0.15, 0.2) is 28.7 Å². The van der Waals surface area contributed by atoms with Crippen LogP contribution in [0.1, 0.15) is 37.7 Å². The molecule has 2 heteroatoms. The predicted molar refractivity (Wildman–Crippen MR) is 65.8 cm³/mol. The zero-order valence-corrected chi connectivity index (χ0v) is 10.4. The van der Waals surface area contributed by atoms with Gasteiger partial charge in [0.2, 0.25) is 0 Å². The van der Waals surface area contributed by atoms with Gasteiger partial charge in [-0.1, -0.05) is 34.5 Å². The Morgan fingerprint density at radius 1 is 1.13 bits per heavy atom. The number of benzene rings is 1. The molecule has 0 atom stereocenters. The fraction of sp³-hybridized carbons (Fsp3) is 0.538. The lowest BCUT2D eigenvalue weighted by atomic mass is 9.91. The van der Waals surface area contributed by atoms with Gasteiger partial charge in [-0.05, 0) is 43.4 Å². The van der Waals surface area contributed by atoms with Crippen LogP contribution >= 0.6 is 15.9 Å². The Hall–Kier alpha value is -0.340. The van der Waals surface area contributed by atoms with Gasteiger partial charge in [-0.2, -0.15) is 0 Å². The maximum Gasteiger partial charge on any atom is 0.0438 e. The molecule has 1 N–H and O–H groups in total. The first-order chi connectivity index (χ1) is 7.28. The second-order valence-corrected chi connectivity index (χ2v) is 5.78. The van der Waals surface area contributed by atoms with Crippen LogP contribution < -0.4 is 5.32 Å². The van der Waals surface area contributed by atoms with E-state index in [0.717, 1.165) is 6.04 Å². The van der Waals surface area contributed by atoms with Crippen molar-refractivity contribution < 1.29 is 0 Å². The van der Waals surface area contributed by atoms with E-state index in [1.54, 1.807) is 0 Å². The molecule has 2 aliphatic carbocycles. The van der Waals surface area contributed by atoms with E-state index < -0.39 is 0 Å². The molecular weight excluding hydrogens is 250 g/mol. The monoisotopic (exact) mass is 265 g/mol. The third kappa shape index (κ3) is 1.85. The quantitative estimate of drug-likeness (QED) is 0.881. The van der Waals surface area contributed by atoms with Crippen molar-refractivity contribution >= 4 is 15.9 Å². The molecule has 2 aliphatic rings. The molecule has 0 amide bonds. The molecule has 1 aromatic rings. The molecule has 80 valence electrons. The van der Waals surface area contributed by atoms with Crippen LogP contribution in [0.4, 0.5) is 0 Å². The van der Waals surface area contributed by atoms with Gasteiger partial charge in [0, 0.05) is 16.1 Å². The number of hydrogen-bond acceptors (Lipinski definition) is 1. The normalized spacial score (nSPS) is 23.5. The van der Waals surface area contributed by atoms with Gasteiger partial charge in [0.25, 0.3) is 0 Å². The second kappa shape index (κ2) is 3.60. The Morgan fingerprint density at radius 3 is 2.27 bits per heavy atom. The van der Waals surface area contributed by atoms with Gasteiger partial charge < -0.3 is 5.32 Å². The van der Waals surface area contributed by atoms with Crippen molar-refractivity contribution in [2.45, 2.75) is 43.7 Å². The summed E-state index contributed by atoms with van der Waals surface area (Å²) in [5.74, 6) is 0. The minimum Gasteiger partial charge on any atom is -0.305 e. The van der Waals surface area contributed by atoms with Crippen LogP contribution in [0.25, 0.3) is 0 Å². The fourth-order valence-electron chi connectivity index (χ4n) is 2.35. The molecule has 2 saturated carbocycles. The molecular formula is C13H16BrN. The van der Waals surface area contributed by atoms with Gasteiger partial charge in [0.05, 0.1) is 0 Å². The topological polar surface area (TPSA) is 12.0 Å². The second-order valence-electron chi connectivity index (χ2n) is 4.86. The summed E-state index contributed by atoms with van der Waals surface area (Å²) in [4.78, 5) is 0. The van der Waals surface area contributed by atoms with Gasteiger partial charge in [0.15, 0.2) is 0 Å². The molecule has 0 unspecified atom stereocenters. The van der Waals surface area contributed by atoms with Crippen LogP contribution in [0.2, 0.25) is 0 Å². The molecule has 0 aromatic heterocycles. The molecule has 3 rings (SSSR count). The van der Waals surface area contributed by atoms with Crippen LogP contribution in [0, 0.1) is 0 Å². The standard InChI is InChI=1S/C13H16BrN/c14-11-6-4-10(5-7-11)13(8-9-13)15-12-2-1-3-12/h4-7,12,15H,1-3,8-9H2. The van der Waals surface area contributed by atoms with E-state index in [1.807, 2.05) is 0 Å². The lowest BCUT2D eigenvalue weighted by molar-refractivity contribution is 0.295. The van der Waals surface area contributed by atoms with Crippen LogP contribution in [-0.4, -0.2) is 6.04 Å². The average molecular weight is 266 g/mol. The molecule has 15 heavy (non-hydrogen) atoms. The van der Waals surface area contributed by atoms with Crippen molar-refractivity contribution in [1.29, 1.82) is 0 Å². The highest BCUT2D eigenvalue weighted by Crippen LogP contribution is 2.47. The van der Waals surface area contributed by atoms with E-state index in [2.05, 4.69) is 45.5 Å². The third-order valence-electron chi connectivity index (χ3n) is 3.73. The van der Waals surface area contributed by atoms with Crippen molar-refractivity contribution in [2.24, 2.45) is 0 Å². The van der Waals surface area contributed by atoms with E-state index in [1.165, 1.54) is 42.1 Å². The summed E-state index contributed by atoms with van der Waals surface area (Å²) in [6.45, 7) is 0. The van der Waals surface area contributed by atoms with Crippen LogP contribution in [-0.2, 0) is 5.54 Å². The number of hydrogen-bond donors (Lipinski definition) is 1. The van der Waals surface area contributed by atoms with E-state index in [0.29, 0.717) is 5.54 Å². The van der Waals surface area contributed by atoms with Crippen LogP contribution in [0.5, 0.6) is 0 Å². The SMILES string of the molecule is Brc1ccc(C2(NC3CCC3)CC2)cc1. The summed E-state index contributed by atoms with van der Waals surface area (Å²) in [6, 6.07) is 9.59. The molecule has 1 aromatic carbocycles. The Labute approximate surface area is 99.4 Å². The van der Waals surface area contributed by atoms with Crippen molar-refractivity contribution in [3.05, 3.63) is 34.3 Å². The van der Waals surface area contributed by atoms with Crippen molar-refractivity contribution in [3.63, 3.8) is 0 Å². The number of halogens is 1. The summed E-state index contributed by atoms with van der Waals surface area (Å²) >= 11 is 3.49. The number of nitrogens with one attached hydrogen (secondary N) is 1. The summed E-state index contributed by atoms with van der Waals surface area (Å²) in [6.07, 6.45) is 6.78. The molecule has 0 heterocycles. The Kier molecular flexibility index (Phi) is 2.37. The summed E-state index contributed by atoms with van der Waals surface area (Å²) in [5.41, 5.74) is 1.81. The van der Waals surface area contributed by atoms with E-state index in [9.17, 15) is 0 Å². The molecule has 0 bridgehead atoms. The number of rotatable bonds is 3. The summed E-state index contributed by atoms with van der Waals surface area (Å²) in [7, 11) is 0. The highest BCUT2D eigenvalue weighted by Gasteiger charge is 2.45. The Morgan fingerprint density at radius 2 is 1.80 bits per heavy atom. The molecule has 0 saturated heterocycles. The zero-order valence-electron chi connectivity index (χ0n) is 8.80. The first-order valence-electron chi connectivity index (χ1n) is 5.82. The highest BCUT2D eigenvalue weighted by atomic mass is 79.9. The Balaban J connectivity index is 1.76. The zero-order chi connectivity index (χ0) is 10.3. The maximum atomic E-state index is 3.82. The van der Waals surface area contributed by atoms with Crippen molar-refractivity contribution in [1.82, 2.24) is 5.32 Å². The lowest BCUT2D eigenvalue weighted by Crippen LogP contribution is -2.42. The van der Waals surface area contributed by atoms with Gasteiger partial charge >= 0.3 is 0 Å². The maximum absolute atomic E-state index is 3.82. The van der Waals surface area contributed by atoms with Crippen LogP contribution in [0.3, 0.4) is 0 Å². The highest BCUT2D eigenvalue weighted by molar-refractivity contribution is 9.10.